The minimum absolute atomic E-state index is 0.0158. The molecule has 1 heterocycles. The van der Waals surface area contributed by atoms with Gasteiger partial charge in [-0.05, 0) is 31.4 Å². The number of aliphatic carboxylic acids is 1. The predicted molar refractivity (Wildman–Crippen MR) is 90.1 cm³/mol. The number of benzene rings is 1. The van der Waals surface area contributed by atoms with Crippen molar-refractivity contribution in [3.05, 3.63) is 34.6 Å². The number of hydrogen-bond donors (Lipinski definition) is 1. The molecular formula is C18H21ClFNO4. The quantitative estimate of drug-likeness (QED) is 0.836. The van der Waals surface area contributed by atoms with Crippen LogP contribution in [0, 0.1) is 11.7 Å². The molecule has 5 nitrogen and oxygen atoms in total. The van der Waals surface area contributed by atoms with Gasteiger partial charge < -0.3 is 14.7 Å². The molecule has 1 N–H and O–H groups in total. The van der Waals surface area contributed by atoms with Crippen LogP contribution in [0.2, 0.25) is 5.02 Å². The Balaban J connectivity index is 1.73. The zero-order chi connectivity index (χ0) is 18.0. The highest BCUT2D eigenvalue weighted by atomic mass is 35.5. The Morgan fingerprint density at radius 1 is 1.32 bits per heavy atom. The number of halogens is 2. The molecule has 7 heteroatoms. The molecule has 0 bridgehead atoms. The van der Waals surface area contributed by atoms with E-state index in [2.05, 4.69) is 0 Å². The second kappa shape index (κ2) is 7.70. The van der Waals surface area contributed by atoms with Crippen LogP contribution in [0.3, 0.4) is 0 Å². The van der Waals surface area contributed by atoms with E-state index >= 15 is 0 Å². The van der Waals surface area contributed by atoms with E-state index in [-0.39, 0.29) is 36.8 Å². The molecule has 0 spiro atoms. The topological polar surface area (TPSA) is 66.8 Å². The van der Waals surface area contributed by atoms with Gasteiger partial charge in [0, 0.05) is 48.2 Å². The molecule has 136 valence electrons. The largest absolute Gasteiger partial charge is 0.481 e. The molecule has 25 heavy (non-hydrogen) atoms. The third kappa shape index (κ3) is 4.12. The van der Waals surface area contributed by atoms with Gasteiger partial charge in [0.1, 0.15) is 5.82 Å². The number of carbonyl (C=O) groups is 2. The first-order chi connectivity index (χ1) is 12.0. The Morgan fingerprint density at radius 3 is 2.68 bits per heavy atom. The number of ether oxygens (including phenoxy) is 1. The molecule has 0 aromatic heterocycles. The number of hydrogen-bond acceptors (Lipinski definition) is 3. The van der Waals surface area contributed by atoms with Crippen molar-refractivity contribution in [1.82, 2.24) is 4.90 Å². The number of nitrogens with zero attached hydrogens (tertiary/aromatic N) is 1. The Kier molecular flexibility index (Phi) is 5.59. The van der Waals surface area contributed by atoms with Crippen LogP contribution in [-0.4, -0.2) is 47.7 Å². The fraction of sp³-hybridized carbons (Fsp3) is 0.556. The van der Waals surface area contributed by atoms with Crippen molar-refractivity contribution in [2.45, 2.75) is 37.6 Å². The third-order valence-electron chi connectivity index (χ3n) is 4.96. The molecule has 1 amide bonds. The summed E-state index contributed by atoms with van der Waals surface area (Å²) in [5.41, 5.74) is 0.396. The summed E-state index contributed by atoms with van der Waals surface area (Å²) < 4.78 is 19.4. The first kappa shape index (κ1) is 18.1. The van der Waals surface area contributed by atoms with Crippen LogP contribution in [-0.2, 0) is 14.3 Å². The van der Waals surface area contributed by atoms with Gasteiger partial charge in [-0.25, -0.2) is 4.39 Å². The number of carbonyl (C=O) groups excluding carboxylic acids is 1. The summed E-state index contributed by atoms with van der Waals surface area (Å²) in [6.07, 6.45) is 1.85. The molecule has 1 aliphatic heterocycles. The van der Waals surface area contributed by atoms with Crippen molar-refractivity contribution in [3.63, 3.8) is 0 Å². The monoisotopic (exact) mass is 369 g/mol. The van der Waals surface area contributed by atoms with Crippen molar-refractivity contribution in [2.24, 2.45) is 5.92 Å². The van der Waals surface area contributed by atoms with E-state index in [1.807, 2.05) is 0 Å². The zero-order valence-electron chi connectivity index (χ0n) is 13.8. The molecular weight excluding hydrogens is 349 g/mol. The highest BCUT2D eigenvalue weighted by Gasteiger charge is 2.48. The molecule has 2 atom stereocenters. The molecule has 0 unspecified atom stereocenters. The minimum Gasteiger partial charge on any atom is -0.481 e. The van der Waals surface area contributed by atoms with E-state index in [1.165, 1.54) is 6.07 Å². The average Bonchev–Trinajstić information content (AvgIpc) is 3.36. The normalized spacial score (nSPS) is 23.3. The molecule has 2 fully saturated rings. The van der Waals surface area contributed by atoms with Gasteiger partial charge in [0.15, 0.2) is 0 Å². The molecule has 1 saturated heterocycles. The molecule has 2 aliphatic rings. The lowest BCUT2D eigenvalue weighted by Gasteiger charge is -2.34. The summed E-state index contributed by atoms with van der Waals surface area (Å²) in [5.74, 6) is -1.98. The first-order valence-electron chi connectivity index (χ1n) is 8.53. The van der Waals surface area contributed by atoms with Crippen LogP contribution in [0.5, 0.6) is 0 Å². The summed E-state index contributed by atoms with van der Waals surface area (Å²) in [6.45, 7) is 1.30. The maximum atomic E-state index is 14.1. The fourth-order valence-electron chi connectivity index (χ4n) is 3.55. The zero-order valence-corrected chi connectivity index (χ0v) is 14.5. The van der Waals surface area contributed by atoms with E-state index in [0.717, 1.165) is 0 Å². The van der Waals surface area contributed by atoms with Gasteiger partial charge >= 0.3 is 5.97 Å². The van der Waals surface area contributed by atoms with Gasteiger partial charge in [0.05, 0.1) is 6.42 Å². The van der Waals surface area contributed by atoms with Crippen LogP contribution in [0.15, 0.2) is 18.2 Å². The number of amides is 1. The van der Waals surface area contributed by atoms with E-state index < -0.39 is 11.8 Å². The van der Waals surface area contributed by atoms with Gasteiger partial charge in [-0.15, -0.1) is 0 Å². The fourth-order valence-corrected chi connectivity index (χ4v) is 3.85. The van der Waals surface area contributed by atoms with Gasteiger partial charge in [-0.2, -0.15) is 0 Å². The Bertz CT molecular complexity index is 642. The van der Waals surface area contributed by atoms with Gasteiger partial charge in [-0.1, -0.05) is 17.7 Å². The predicted octanol–water partition coefficient (Wildman–Crippen LogP) is 3.06. The highest BCUT2D eigenvalue weighted by molar-refractivity contribution is 6.31. The van der Waals surface area contributed by atoms with Crippen LogP contribution in [0.1, 0.15) is 37.2 Å². The van der Waals surface area contributed by atoms with E-state index in [9.17, 15) is 14.0 Å². The standard InChI is InChI=1S/C18H21ClFNO4/c19-14-2-1-3-15(20)17(14)12-10-13(12)18(24)21(7-4-16(22)23)11-5-8-25-9-6-11/h1-3,11-13H,4-10H2,(H,22,23)/t12-,13-/m1/s1. The summed E-state index contributed by atoms with van der Waals surface area (Å²) in [5, 5.41) is 9.31. The number of carboxylic acids is 1. The van der Waals surface area contributed by atoms with Crippen LogP contribution < -0.4 is 0 Å². The second-order valence-corrected chi connectivity index (χ2v) is 7.01. The lowest BCUT2D eigenvalue weighted by atomic mass is 10.0. The molecule has 3 rings (SSSR count). The van der Waals surface area contributed by atoms with Crippen molar-refractivity contribution in [3.8, 4) is 0 Å². The average molecular weight is 370 g/mol. The third-order valence-corrected chi connectivity index (χ3v) is 5.29. The lowest BCUT2D eigenvalue weighted by Crippen LogP contribution is -2.45. The van der Waals surface area contributed by atoms with Crippen molar-refractivity contribution in [2.75, 3.05) is 19.8 Å². The Hall–Kier alpha value is -1.66. The van der Waals surface area contributed by atoms with Gasteiger partial charge in [-0.3, -0.25) is 9.59 Å². The summed E-state index contributed by atoms with van der Waals surface area (Å²) in [7, 11) is 0. The summed E-state index contributed by atoms with van der Waals surface area (Å²) in [6, 6.07) is 4.50. The molecule has 1 aromatic rings. The van der Waals surface area contributed by atoms with E-state index in [4.69, 9.17) is 21.4 Å². The molecule has 1 aromatic carbocycles. The van der Waals surface area contributed by atoms with E-state index in [1.54, 1.807) is 17.0 Å². The summed E-state index contributed by atoms with van der Waals surface area (Å²) >= 11 is 6.11. The first-order valence-corrected chi connectivity index (χ1v) is 8.90. The highest BCUT2D eigenvalue weighted by Crippen LogP contribution is 2.51. The maximum Gasteiger partial charge on any atom is 0.305 e. The SMILES string of the molecule is O=C(O)CCN(C(=O)[C@@H]1C[C@H]1c1c(F)cccc1Cl)C1CCOCC1. The summed E-state index contributed by atoms with van der Waals surface area (Å²) in [4.78, 5) is 25.6. The number of rotatable bonds is 6. The van der Waals surface area contributed by atoms with Crippen LogP contribution in [0.4, 0.5) is 4.39 Å². The van der Waals surface area contributed by atoms with Crippen molar-refractivity contribution >= 4 is 23.5 Å². The Labute approximate surface area is 150 Å². The van der Waals surface area contributed by atoms with Crippen LogP contribution >= 0.6 is 11.6 Å². The smallest absolute Gasteiger partial charge is 0.305 e. The van der Waals surface area contributed by atoms with Crippen molar-refractivity contribution < 1.29 is 23.8 Å². The molecule has 1 saturated carbocycles. The van der Waals surface area contributed by atoms with Gasteiger partial charge in [0.25, 0.3) is 0 Å². The number of carboxylic acid groups (broad SMARTS) is 1. The Morgan fingerprint density at radius 2 is 2.04 bits per heavy atom. The second-order valence-electron chi connectivity index (χ2n) is 6.60. The lowest BCUT2D eigenvalue weighted by molar-refractivity contribution is -0.141. The van der Waals surface area contributed by atoms with E-state index in [0.29, 0.717) is 43.1 Å². The molecule has 1 aliphatic carbocycles. The van der Waals surface area contributed by atoms with Crippen LogP contribution in [0.25, 0.3) is 0 Å². The minimum atomic E-state index is -0.936. The maximum absolute atomic E-state index is 14.1. The van der Waals surface area contributed by atoms with Gasteiger partial charge in [0.2, 0.25) is 5.91 Å². The molecule has 0 radical (unpaired) electrons. The van der Waals surface area contributed by atoms with Crippen molar-refractivity contribution in [1.29, 1.82) is 0 Å².